The SMILES string of the molecule is Cc1sc(C(=O)N[C@H](CNC(=O)OC(C)(C)C)c2ccccc2)cc1-c1ccnn1C. The zero-order valence-electron chi connectivity index (χ0n) is 18.4. The normalized spacial score (nSPS) is 12.3. The maximum atomic E-state index is 13.1. The van der Waals surface area contributed by atoms with Crippen LogP contribution in [0.2, 0.25) is 0 Å². The standard InChI is InChI=1S/C23H28N4O3S/c1-15-17(19-11-12-25-27(19)5)13-20(31-15)21(28)26-18(16-9-7-6-8-10-16)14-24-22(29)30-23(2,3)4/h6-13,18H,14H2,1-5H3,(H,24,29)(H,26,28)/t18-/m1/s1. The van der Waals surface area contributed by atoms with Crippen LogP contribution in [0.15, 0.2) is 48.7 Å². The molecule has 0 aliphatic carbocycles. The molecule has 0 saturated heterocycles. The van der Waals surface area contributed by atoms with Gasteiger partial charge in [0.25, 0.3) is 5.91 Å². The quantitative estimate of drug-likeness (QED) is 0.593. The highest BCUT2D eigenvalue weighted by atomic mass is 32.1. The summed E-state index contributed by atoms with van der Waals surface area (Å²) in [5, 5.41) is 10.0. The first-order valence-electron chi connectivity index (χ1n) is 10.1. The molecule has 2 amide bonds. The van der Waals surface area contributed by atoms with E-state index in [1.165, 1.54) is 11.3 Å². The minimum atomic E-state index is -0.591. The number of amides is 2. The molecule has 0 bridgehead atoms. The van der Waals surface area contributed by atoms with Crippen molar-refractivity contribution in [2.24, 2.45) is 7.05 Å². The second-order valence-corrected chi connectivity index (χ2v) is 9.50. The molecule has 1 aromatic carbocycles. The number of benzene rings is 1. The number of rotatable bonds is 6. The van der Waals surface area contributed by atoms with E-state index >= 15 is 0 Å². The molecule has 2 heterocycles. The Kier molecular flexibility index (Phi) is 6.80. The van der Waals surface area contributed by atoms with Crippen molar-refractivity contribution < 1.29 is 14.3 Å². The molecule has 0 spiro atoms. The molecule has 0 radical (unpaired) electrons. The fourth-order valence-corrected chi connectivity index (χ4v) is 4.08. The number of aryl methyl sites for hydroxylation is 2. The minimum absolute atomic E-state index is 0.193. The van der Waals surface area contributed by atoms with Gasteiger partial charge in [-0.1, -0.05) is 30.3 Å². The van der Waals surface area contributed by atoms with Crippen LogP contribution in [0.5, 0.6) is 0 Å². The molecule has 0 fully saturated rings. The molecule has 0 aliphatic rings. The molecule has 2 aromatic heterocycles. The number of alkyl carbamates (subject to hydrolysis) is 1. The third-order valence-electron chi connectivity index (χ3n) is 4.60. The number of carbonyl (C=O) groups excluding carboxylic acids is 2. The summed E-state index contributed by atoms with van der Waals surface area (Å²) in [6.45, 7) is 7.62. The molecule has 1 atom stereocenters. The first-order valence-corrected chi connectivity index (χ1v) is 10.9. The van der Waals surface area contributed by atoms with E-state index in [4.69, 9.17) is 4.74 Å². The Bertz CT molecular complexity index is 1050. The second-order valence-electron chi connectivity index (χ2n) is 8.24. The van der Waals surface area contributed by atoms with Gasteiger partial charge in [-0.05, 0) is 45.4 Å². The van der Waals surface area contributed by atoms with Crippen molar-refractivity contribution in [3.63, 3.8) is 0 Å². The Morgan fingerprint density at radius 2 is 1.90 bits per heavy atom. The summed E-state index contributed by atoms with van der Waals surface area (Å²) >= 11 is 1.43. The lowest BCUT2D eigenvalue weighted by molar-refractivity contribution is 0.0520. The Labute approximate surface area is 186 Å². The number of hydrogen-bond donors (Lipinski definition) is 2. The Hall–Kier alpha value is -3.13. The third kappa shape index (κ3) is 5.95. The lowest BCUT2D eigenvalue weighted by Gasteiger charge is -2.23. The number of thiophene rings is 1. The van der Waals surface area contributed by atoms with Gasteiger partial charge in [0, 0.05) is 30.2 Å². The second kappa shape index (κ2) is 9.34. The van der Waals surface area contributed by atoms with Crippen molar-refractivity contribution in [3.8, 4) is 11.3 Å². The fourth-order valence-electron chi connectivity index (χ4n) is 3.15. The van der Waals surface area contributed by atoms with Gasteiger partial charge in [0.05, 0.1) is 16.6 Å². The predicted molar refractivity (Wildman–Crippen MR) is 122 cm³/mol. The van der Waals surface area contributed by atoms with Gasteiger partial charge in [-0.15, -0.1) is 11.3 Å². The Morgan fingerprint density at radius 1 is 1.19 bits per heavy atom. The maximum absolute atomic E-state index is 13.1. The fraction of sp³-hybridized carbons (Fsp3) is 0.348. The summed E-state index contributed by atoms with van der Waals surface area (Å²) in [6, 6.07) is 13.0. The van der Waals surface area contributed by atoms with Gasteiger partial charge in [-0.2, -0.15) is 5.10 Å². The molecule has 3 aromatic rings. The Balaban J connectivity index is 1.76. The van der Waals surface area contributed by atoms with Crippen molar-refractivity contribution in [2.75, 3.05) is 6.54 Å². The molecule has 7 nitrogen and oxygen atoms in total. The number of nitrogens with zero attached hydrogens (tertiary/aromatic N) is 2. The van der Waals surface area contributed by atoms with Gasteiger partial charge < -0.3 is 15.4 Å². The topological polar surface area (TPSA) is 85.2 Å². The lowest BCUT2D eigenvalue weighted by Crippen LogP contribution is -2.40. The van der Waals surface area contributed by atoms with Crippen molar-refractivity contribution in [3.05, 3.63) is 64.0 Å². The van der Waals surface area contributed by atoms with Gasteiger partial charge in [0.2, 0.25) is 0 Å². The first kappa shape index (κ1) is 22.6. The number of ether oxygens (including phenoxy) is 1. The van der Waals surface area contributed by atoms with Crippen LogP contribution in [-0.4, -0.2) is 33.9 Å². The van der Waals surface area contributed by atoms with E-state index in [9.17, 15) is 9.59 Å². The lowest BCUT2D eigenvalue weighted by atomic mass is 10.1. The van der Waals surface area contributed by atoms with Gasteiger partial charge in [-0.25, -0.2) is 4.79 Å². The molecule has 164 valence electrons. The monoisotopic (exact) mass is 440 g/mol. The number of aromatic nitrogens is 2. The number of hydrogen-bond acceptors (Lipinski definition) is 5. The molecule has 2 N–H and O–H groups in total. The minimum Gasteiger partial charge on any atom is -0.444 e. The summed E-state index contributed by atoms with van der Waals surface area (Å²) in [5.41, 5.74) is 2.25. The molecule has 0 saturated carbocycles. The molecule has 0 unspecified atom stereocenters. The van der Waals surface area contributed by atoms with Crippen LogP contribution >= 0.6 is 11.3 Å². The van der Waals surface area contributed by atoms with Crippen molar-refractivity contribution in [2.45, 2.75) is 39.3 Å². The zero-order valence-corrected chi connectivity index (χ0v) is 19.2. The number of nitrogens with one attached hydrogen (secondary N) is 2. The van der Waals surface area contributed by atoms with Crippen LogP contribution in [0.4, 0.5) is 4.79 Å². The molecule has 3 rings (SSSR count). The van der Waals surface area contributed by atoms with Crippen LogP contribution in [0.1, 0.15) is 46.9 Å². The van der Waals surface area contributed by atoms with Gasteiger partial charge in [0.1, 0.15) is 5.60 Å². The summed E-state index contributed by atoms with van der Waals surface area (Å²) < 4.78 is 7.10. The average molecular weight is 441 g/mol. The van der Waals surface area contributed by atoms with E-state index in [0.717, 1.165) is 21.7 Å². The van der Waals surface area contributed by atoms with E-state index in [-0.39, 0.29) is 12.5 Å². The van der Waals surface area contributed by atoms with E-state index in [0.29, 0.717) is 4.88 Å². The summed E-state index contributed by atoms with van der Waals surface area (Å²) in [7, 11) is 1.87. The van der Waals surface area contributed by atoms with Crippen molar-refractivity contribution >= 4 is 23.3 Å². The summed E-state index contributed by atoms with van der Waals surface area (Å²) in [5.74, 6) is -0.193. The van der Waals surface area contributed by atoms with Gasteiger partial charge in [0.15, 0.2) is 0 Å². The van der Waals surface area contributed by atoms with Crippen LogP contribution in [0.3, 0.4) is 0 Å². The predicted octanol–water partition coefficient (Wildman–Crippen LogP) is 4.45. The van der Waals surface area contributed by atoms with E-state index < -0.39 is 17.7 Å². The third-order valence-corrected chi connectivity index (χ3v) is 5.64. The van der Waals surface area contributed by atoms with Crippen molar-refractivity contribution in [1.29, 1.82) is 0 Å². The van der Waals surface area contributed by atoms with E-state index in [1.807, 2.05) is 77.2 Å². The summed E-state index contributed by atoms with van der Waals surface area (Å²) in [4.78, 5) is 26.8. The van der Waals surface area contributed by atoms with E-state index in [1.54, 1.807) is 10.9 Å². The van der Waals surface area contributed by atoms with Crippen LogP contribution in [-0.2, 0) is 11.8 Å². The molecule has 31 heavy (non-hydrogen) atoms. The Morgan fingerprint density at radius 3 is 2.52 bits per heavy atom. The van der Waals surface area contributed by atoms with Crippen LogP contribution in [0, 0.1) is 6.92 Å². The maximum Gasteiger partial charge on any atom is 0.407 e. The van der Waals surface area contributed by atoms with Crippen LogP contribution in [0.25, 0.3) is 11.3 Å². The molecule has 8 heteroatoms. The zero-order chi connectivity index (χ0) is 22.6. The largest absolute Gasteiger partial charge is 0.444 e. The highest BCUT2D eigenvalue weighted by molar-refractivity contribution is 7.14. The van der Waals surface area contributed by atoms with Crippen molar-refractivity contribution in [1.82, 2.24) is 20.4 Å². The molecular weight excluding hydrogens is 412 g/mol. The molecule has 0 aliphatic heterocycles. The first-order chi connectivity index (χ1) is 14.6. The molecular formula is C23H28N4O3S. The highest BCUT2D eigenvalue weighted by Crippen LogP contribution is 2.31. The van der Waals surface area contributed by atoms with Gasteiger partial charge >= 0.3 is 6.09 Å². The number of carbonyl (C=O) groups is 2. The van der Waals surface area contributed by atoms with Crippen LogP contribution < -0.4 is 10.6 Å². The summed E-state index contributed by atoms with van der Waals surface area (Å²) in [6.07, 6.45) is 1.22. The smallest absolute Gasteiger partial charge is 0.407 e. The van der Waals surface area contributed by atoms with E-state index in [2.05, 4.69) is 15.7 Å². The average Bonchev–Trinajstić information content (AvgIpc) is 3.29. The van der Waals surface area contributed by atoms with Gasteiger partial charge in [-0.3, -0.25) is 9.48 Å². The highest BCUT2D eigenvalue weighted by Gasteiger charge is 2.22.